The summed E-state index contributed by atoms with van der Waals surface area (Å²) in [7, 11) is 1.86. The Kier molecular flexibility index (Phi) is 3.18. The number of thiazole rings is 1. The molecule has 1 aromatic heterocycles. The average Bonchev–Trinajstić information content (AvgIpc) is 3.16. The highest BCUT2D eigenvalue weighted by atomic mass is 32.1. The molecule has 2 aromatic rings. The Morgan fingerprint density at radius 1 is 1.41 bits per heavy atom. The molecule has 1 aliphatic carbocycles. The van der Waals surface area contributed by atoms with Crippen LogP contribution >= 0.6 is 11.3 Å². The molecule has 2 heterocycles. The van der Waals surface area contributed by atoms with E-state index < -0.39 is 0 Å². The van der Waals surface area contributed by atoms with Crippen LogP contribution in [0.25, 0.3) is 11.3 Å². The van der Waals surface area contributed by atoms with Crippen LogP contribution in [0.15, 0.2) is 34.1 Å². The Bertz CT molecular complexity index is 726. The molecular formula is C17H19N3OS. The van der Waals surface area contributed by atoms with E-state index in [9.17, 15) is 0 Å². The van der Waals surface area contributed by atoms with Gasteiger partial charge >= 0.3 is 0 Å². The summed E-state index contributed by atoms with van der Waals surface area (Å²) in [5.74, 6) is 0. The van der Waals surface area contributed by atoms with Gasteiger partial charge in [-0.1, -0.05) is 18.2 Å². The van der Waals surface area contributed by atoms with Gasteiger partial charge in [0.1, 0.15) is 11.6 Å². The number of nitrogens with one attached hydrogen (secondary N) is 1. The van der Waals surface area contributed by atoms with Crippen LogP contribution in [0.3, 0.4) is 0 Å². The van der Waals surface area contributed by atoms with Crippen molar-refractivity contribution in [2.24, 2.45) is 4.99 Å². The number of aromatic nitrogens is 1. The van der Waals surface area contributed by atoms with Crippen molar-refractivity contribution < 1.29 is 4.74 Å². The molecule has 0 saturated carbocycles. The topological polar surface area (TPSA) is 46.5 Å². The van der Waals surface area contributed by atoms with E-state index in [1.165, 1.54) is 16.7 Å². The Hall–Kier alpha value is -1.88. The molecule has 1 aliphatic heterocycles. The molecule has 1 aromatic carbocycles. The predicted molar refractivity (Wildman–Crippen MR) is 89.3 cm³/mol. The standard InChI is InChI=1S/C17H19N3OS/c1-11-17(20-16(18-2)21-11)7-6-13-12(8-17)4-3-5-14(13)15-9-22-10-19-15/h3-5,9-11H,6-8H2,1-2H3,(H,18,20)/t11?,17-/m0/s1. The number of ether oxygens (including phenoxy) is 1. The zero-order valence-corrected chi connectivity index (χ0v) is 13.6. The van der Waals surface area contributed by atoms with Crippen molar-refractivity contribution in [3.63, 3.8) is 0 Å². The molecule has 2 atom stereocenters. The average molecular weight is 313 g/mol. The first-order chi connectivity index (χ1) is 10.7. The van der Waals surface area contributed by atoms with Crippen LogP contribution in [0.2, 0.25) is 0 Å². The van der Waals surface area contributed by atoms with Gasteiger partial charge in [0.25, 0.3) is 6.02 Å². The second-order valence-electron chi connectivity index (χ2n) is 6.02. The molecular weight excluding hydrogens is 294 g/mol. The van der Waals surface area contributed by atoms with Gasteiger partial charge in [0.15, 0.2) is 0 Å². The maximum Gasteiger partial charge on any atom is 0.285 e. The predicted octanol–water partition coefficient (Wildman–Crippen LogP) is 3.03. The minimum atomic E-state index is -0.119. The maximum absolute atomic E-state index is 5.85. The van der Waals surface area contributed by atoms with E-state index in [0.717, 1.165) is 25.0 Å². The third kappa shape index (κ3) is 2.03. The smallest absolute Gasteiger partial charge is 0.285 e. The highest BCUT2D eigenvalue weighted by molar-refractivity contribution is 7.07. The van der Waals surface area contributed by atoms with E-state index >= 15 is 0 Å². The van der Waals surface area contributed by atoms with Crippen molar-refractivity contribution in [2.75, 3.05) is 7.05 Å². The van der Waals surface area contributed by atoms with Crippen molar-refractivity contribution in [2.45, 2.75) is 37.8 Å². The van der Waals surface area contributed by atoms with E-state index in [0.29, 0.717) is 6.02 Å². The van der Waals surface area contributed by atoms with Crippen LogP contribution in [0, 0.1) is 0 Å². The zero-order chi connectivity index (χ0) is 15.2. The van der Waals surface area contributed by atoms with E-state index in [2.05, 4.69) is 40.8 Å². The lowest BCUT2D eigenvalue weighted by Crippen LogP contribution is -2.41. The second-order valence-corrected chi connectivity index (χ2v) is 6.74. The maximum atomic E-state index is 5.85. The van der Waals surface area contributed by atoms with Crippen molar-refractivity contribution >= 4 is 17.4 Å². The molecule has 4 rings (SSSR count). The fourth-order valence-electron chi connectivity index (χ4n) is 3.59. The third-order valence-corrected chi connectivity index (χ3v) is 5.46. The van der Waals surface area contributed by atoms with Gasteiger partial charge in [0.05, 0.1) is 11.2 Å². The van der Waals surface area contributed by atoms with Gasteiger partial charge in [0.2, 0.25) is 0 Å². The molecule has 1 N–H and O–H groups in total. The van der Waals surface area contributed by atoms with Crippen LogP contribution in [0.4, 0.5) is 0 Å². The van der Waals surface area contributed by atoms with Gasteiger partial charge in [-0.2, -0.15) is 0 Å². The van der Waals surface area contributed by atoms with Crippen molar-refractivity contribution in [1.82, 2.24) is 10.3 Å². The fraction of sp³-hybridized carbons (Fsp3) is 0.412. The molecule has 4 nitrogen and oxygen atoms in total. The molecule has 0 amide bonds. The summed E-state index contributed by atoms with van der Waals surface area (Å²) >= 11 is 1.65. The monoisotopic (exact) mass is 313 g/mol. The Morgan fingerprint density at radius 3 is 3.05 bits per heavy atom. The quantitative estimate of drug-likeness (QED) is 0.880. The number of benzene rings is 1. The minimum Gasteiger partial charge on any atom is -0.460 e. The summed E-state index contributed by atoms with van der Waals surface area (Å²) in [6, 6.07) is 7.22. The SMILES string of the molecule is CNC1=N[C@]2(CCc3c(cccc3-c3cscn3)C2)C(C)O1. The van der Waals surface area contributed by atoms with Crippen LogP contribution in [-0.4, -0.2) is 29.7 Å². The summed E-state index contributed by atoms with van der Waals surface area (Å²) in [6.45, 7) is 2.13. The summed E-state index contributed by atoms with van der Waals surface area (Å²) < 4.78 is 5.85. The zero-order valence-electron chi connectivity index (χ0n) is 12.8. The molecule has 2 aliphatic rings. The number of rotatable bonds is 1. The van der Waals surface area contributed by atoms with Crippen molar-refractivity contribution in [1.29, 1.82) is 0 Å². The molecule has 5 heteroatoms. The van der Waals surface area contributed by atoms with Gasteiger partial charge in [0, 0.05) is 24.4 Å². The number of amidine groups is 1. The lowest BCUT2D eigenvalue weighted by Gasteiger charge is -2.34. The van der Waals surface area contributed by atoms with E-state index in [-0.39, 0.29) is 11.6 Å². The van der Waals surface area contributed by atoms with Crippen molar-refractivity contribution in [3.8, 4) is 11.3 Å². The van der Waals surface area contributed by atoms with Gasteiger partial charge in [-0.15, -0.1) is 11.3 Å². The van der Waals surface area contributed by atoms with Crippen LogP contribution in [0.1, 0.15) is 24.5 Å². The normalized spacial score (nSPS) is 26.5. The summed E-state index contributed by atoms with van der Waals surface area (Å²) in [5.41, 5.74) is 6.96. The number of fused-ring (bicyclic) bond motifs is 1. The number of aliphatic imine (C=N–C) groups is 1. The molecule has 1 unspecified atom stereocenters. The first-order valence-corrected chi connectivity index (χ1v) is 8.60. The largest absolute Gasteiger partial charge is 0.460 e. The highest BCUT2D eigenvalue weighted by Crippen LogP contribution is 2.41. The first kappa shape index (κ1) is 13.8. The Labute approximate surface area is 134 Å². The molecule has 0 fully saturated rings. The van der Waals surface area contributed by atoms with Crippen LogP contribution in [0.5, 0.6) is 0 Å². The lowest BCUT2D eigenvalue weighted by atomic mass is 9.74. The highest BCUT2D eigenvalue weighted by Gasteiger charge is 2.45. The number of nitrogens with zero attached hydrogens (tertiary/aromatic N) is 2. The molecule has 1 spiro atoms. The number of hydrogen-bond acceptors (Lipinski definition) is 5. The molecule has 0 saturated heterocycles. The lowest BCUT2D eigenvalue weighted by molar-refractivity contribution is 0.138. The number of hydrogen-bond donors (Lipinski definition) is 1. The molecule has 114 valence electrons. The Morgan fingerprint density at radius 2 is 2.32 bits per heavy atom. The molecule has 0 bridgehead atoms. The second kappa shape index (κ2) is 5.09. The molecule has 22 heavy (non-hydrogen) atoms. The molecule has 0 radical (unpaired) electrons. The summed E-state index contributed by atoms with van der Waals surface area (Å²) in [6.07, 6.45) is 3.10. The van der Waals surface area contributed by atoms with Gasteiger partial charge in [-0.05, 0) is 30.9 Å². The van der Waals surface area contributed by atoms with E-state index in [4.69, 9.17) is 9.73 Å². The van der Waals surface area contributed by atoms with E-state index in [1.807, 2.05) is 12.6 Å². The van der Waals surface area contributed by atoms with Crippen molar-refractivity contribution in [3.05, 3.63) is 40.2 Å². The third-order valence-electron chi connectivity index (χ3n) is 4.87. The van der Waals surface area contributed by atoms with Crippen LogP contribution in [-0.2, 0) is 17.6 Å². The summed E-state index contributed by atoms with van der Waals surface area (Å²) in [5, 5.41) is 5.17. The van der Waals surface area contributed by atoms with Gasteiger partial charge < -0.3 is 10.1 Å². The first-order valence-electron chi connectivity index (χ1n) is 7.65. The van der Waals surface area contributed by atoms with Crippen LogP contribution < -0.4 is 5.32 Å². The van der Waals surface area contributed by atoms with E-state index in [1.54, 1.807) is 11.3 Å². The van der Waals surface area contributed by atoms with Gasteiger partial charge in [-0.25, -0.2) is 9.98 Å². The Balaban J connectivity index is 1.74. The van der Waals surface area contributed by atoms with Gasteiger partial charge in [-0.3, -0.25) is 0 Å². The summed E-state index contributed by atoms with van der Waals surface area (Å²) in [4.78, 5) is 9.32. The fourth-order valence-corrected chi connectivity index (χ4v) is 4.15. The minimum absolute atomic E-state index is 0.117.